The van der Waals surface area contributed by atoms with Crippen molar-refractivity contribution in [1.82, 2.24) is 4.57 Å². The van der Waals surface area contributed by atoms with Gasteiger partial charge in [0, 0.05) is 30.6 Å². The maximum atomic E-state index is 10.2. The van der Waals surface area contributed by atoms with Gasteiger partial charge in [0.1, 0.15) is 0 Å². The van der Waals surface area contributed by atoms with Crippen molar-refractivity contribution in [3.63, 3.8) is 0 Å². The smallest absolute Gasteiger partial charge is 0.0812 e. The lowest BCUT2D eigenvalue weighted by Crippen LogP contribution is -2.27. The molecule has 20 heavy (non-hydrogen) atoms. The summed E-state index contributed by atoms with van der Waals surface area (Å²) >= 11 is 0. The van der Waals surface area contributed by atoms with Crippen molar-refractivity contribution in [1.29, 1.82) is 0 Å². The maximum absolute atomic E-state index is 10.2. The van der Waals surface area contributed by atoms with Crippen LogP contribution in [0.2, 0.25) is 0 Å². The predicted octanol–water partition coefficient (Wildman–Crippen LogP) is 3.56. The average Bonchev–Trinajstić information content (AvgIpc) is 2.70. The van der Waals surface area contributed by atoms with Crippen LogP contribution in [-0.2, 0) is 17.7 Å². The van der Waals surface area contributed by atoms with Crippen LogP contribution in [0.5, 0.6) is 0 Å². The molecule has 1 aliphatic carbocycles. The molecule has 0 saturated carbocycles. The number of hydrogen-bond donors (Lipinski definition) is 1. The summed E-state index contributed by atoms with van der Waals surface area (Å²) < 4.78 is 7.96. The van der Waals surface area contributed by atoms with Gasteiger partial charge in [0.05, 0.1) is 12.7 Å². The predicted molar refractivity (Wildman–Crippen MR) is 81.8 cm³/mol. The third-order valence-corrected chi connectivity index (χ3v) is 4.18. The molecule has 3 heteroatoms. The van der Waals surface area contributed by atoms with Crippen molar-refractivity contribution in [2.24, 2.45) is 11.3 Å². The Morgan fingerprint density at radius 3 is 2.85 bits per heavy atom. The lowest BCUT2D eigenvalue weighted by molar-refractivity contribution is 0.0945. The van der Waals surface area contributed by atoms with Crippen molar-refractivity contribution >= 4 is 0 Å². The second kappa shape index (κ2) is 6.31. The van der Waals surface area contributed by atoms with Crippen LogP contribution in [-0.4, -0.2) is 22.9 Å². The zero-order valence-corrected chi connectivity index (χ0v) is 13.4. The highest BCUT2D eigenvalue weighted by atomic mass is 16.5. The zero-order chi connectivity index (χ0) is 14.8. The lowest BCUT2D eigenvalue weighted by atomic mass is 9.75. The van der Waals surface area contributed by atoms with Crippen LogP contribution in [0.1, 0.15) is 57.9 Å². The zero-order valence-electron chi connectivity index (χ0n) is 13.4. The summed E-state index contributed by atoms with van der Waals surface area (Å²) in [5, 5.41) is 10.2. The van der Waals surface area contributed by atoms with Gasteiger partial charge >= 0.3 is 0 Å². The molecular formula is C17H29NO2. The molecule has 0 aliphatic heterocycles. The van der Waals surface area contributed by atoms with Crippen LogP contribution >= 0.6 is 0 Å². The lowest BCUT2D eigenvalue weighted by Gasteiger charge is -2.34. The molecule has 0 fully saturated rings. The summed E-state index contributed by atoms with van der Waals surface area (Å²) in [6, 6.07) is 2.07. The molecule has 0 spiro atoms. The molecule has 0 bridgehead atoms. The summed E-state index contributed by atoms with van der Waals surface area (Å²) in [6.45, 7) is 11.4. The van der Waals surface area contributed by atoms with Crippen LogP contribution in [0.25, 0.3) is 0 Å². The first-order chi connectivity index (χ1) is 9.39. The molecule has 1 atom stereocenters. The minimum atomic E-state index is -0.308. The second-order valence-electron chi connectivity index (χ2n) is 7.27. The number of ether oxygens (including phenoxy) is 1. The van der Waals surface area contributed by atoms with Gasteiger partial charge in [-0.05, 0) is 36.7 Å². The number of aliphatic hydroxyl groups is 1. The molecule has 2 rings (SSSR count). The quantitative estimate of drug-likeness (QED) is 0.808. The van der Waals surface area contributed by atoms with E-state index in [0.717, 1.165) is 44.6 Å². The fourth-order valence-corrected chi connectivity index (χ4v) is 2.98. The third-order valence-electron chi connectivity index (χ3n) is 4.18. The van der Waals surface area contributed by atoms with Gasteiger partial charge in [-0.2, -0.15) is 0 Å². The Morgan fingerprint density at radius 1 is 1.40 bits per heavy atom. The number of nitrogens with zero attached hydrogens (tertiary/aromatic N) is 1. The van der Waals surface area contributed by atoms with E-state index in [1.54, 1.807) is 0 Å². The molecule has 0 saturated heterocycles. The Bertz CT molecular complexity index is 434. The highest BCUT2D eigenvalue weighted by Crippen LogP contribution is 2.40. The SMILES string of the molecule is CC(C)CCOCCn1ccc2c1CC(C)(C)CC2O. The molecule has 1 heterocycles. The first-order valence-electron chi connectivity index (χ1n) is 7.83. The fraction of sp³-hybridized carbons (Fsp3) is 0.765. The number of fused-ring (bicyclic) bond motifs is 1. The van der Waals surface area contributed by atoms with E-state index in [0.29, 0.717) is 5.92 Å². The van der Waals surface area contributed by atoms with Crippen molar-refractivity contribution in [2.45, 2.75) is 59.6 Å². The Labute approximate surface area is 122 Å². The molecule has 3 nitrogen and oxygen atoms in total. The van der Waals surface area contributed by atoms with Crippen LogP contribution in [0.4, 0.5) is 0 Å². The van der Waals surface area contributed by atoms with Gasteiger partial charge < -0.3 is 14.4 Å². The van der Waals surface area contributed by atoms with Crippen molar-refractivity contribution in [3.05, 3.63) is 23.5 Å². The van der Waals surface area contributed by atoms with E-state index in [1.165, 1.54) is 5.69 Å². The normalized spacial score (nSPS) is 21.2. The maximum Gasteiger partial charge on any atom is 0.0812 e. The Hall–Kier alpha value is -0.800. The number of hydrogen-bond acceptors (Lipinski definition) is 2. The second-order valence-corrected chi connectivity index (χ2v) is 7.27. The van der Waals surface area contributed by atoms with Gasteiger partial charge in [-0.15, -0.1) is 0 Å². The van der Waals surface area contributed by atoms with Crippen molar-refractivity contribution < 1.29 is 9.84 Å². The van der Waals surface area contributed by atoms with E-state index in [4.69, 9.17) is 4.74 Å². The molecule has 1 aromatic heterocycles. The van der Waals surface area contributed by atoms with Crippen LogP contribution in [0.3, 0.4) is 0 Å². The van der Waals surface area contributed by atoms with E-state index in [9.17, 15) is 5.11 Å². The molecule has 114 valence electrons. The van der Waals surface area contributed by atoms with Gasteiger partial charge in [-0.3, -0.25) is 0 Å². The highest BCUT2D eigenvalue weighted by molar-refractivity contribution is 5.29. The van der Waals surface area contributed by atoms with E-state index in [2.05, 4.69) is 44.5 Å². The van der Waals surface area contributed by atoms with Gasteiger partial charge in [0.2, 0.25) is 0 Å². The number of aliphatic hydroxyl groups excluding tert-OH is 1. The van der Waals surface area contributed by atoms with E-state index in [1.807, 2.05) is 0 Å². The molecule has 1 N–H and O–H groups in total. The summed E-state index contributed by atoms with van der Waals surface area (Å²) in [7, 11) is 0. The average molecular weight is 279 g/mol. The van der Waals surface area contributed by atoms with Crippen LogP contribution < -0.4 is 0 Å². The van der Waals surface area contributed by atoms with Gasteiger partial charge in [0.25, 0.3) is 0 Å². The standard InChI is InChI=1S/C17H29NO2/c1-13(2)6-9-20-10-8-18-7-5-14-15(18)11-17(3,4)12-16(14)19/h5,7,13,16,19H,6,8-12H2,1-4H3. The molecule has 0 amide bonds. The van der Waals surface area contributed by atoms with Gasteiger partial charge in [-0.25, -0.2) is 0 Å². The topological polar surface area (TPSA) is 34.4 Å². The first-order valence-corrected chi connectivity index (χ1v) is 7.83. The molecule has 1 unspecified atom stereocenters. The third kappa shape index (κ3) is 3.86. The minimum Gasteiger partial charge on any atom is -0.388 e. The summed E-state index contributed by atoms with van der Waals surface area (Å²) in [5.74, 6) is 0.699. The highest BCUT2D eigenvalue weighted by Gasteiger charge is 2.32. The number of aromatic nitrogens is 1. The van der Waals surface area contributed by atoms with Gasteiger partial charge in [-0.1, -0.05) is 27.7 Å². The molecule has 1 aromatic rings. The largest absolute Gasteiger partial charge is 0.388 e. The molecular weight excluding hydrogens is 250 g/mol. The minimum absolute atomic E-state index is 0.182. The van der Waals surface area contributed by atoms with Crippen molar-refractivity contribution in [3.8, 4) is 0 Å². The van der Waals surface area contributed by atoms with Crippen LogP contribution in [0.15, 0.2) is 12.3 Å². The molecule has 0 aromatic carbocycles. The molecule has 0 radical (unpaired) electrons. The monoisotopic (exact) mass is 279 g/mol. The summed E-state index contributed by atoms with van der Waals surface area (Å²) in [5.41, 5.74) is 2.59. The number of rotatable bonds is 6. The fourth-order valence-electron chi connectivity index (χ4n) is 2.98. The van der Waals surface area contributed by atoms with E-state index in [-0.39, 0.29) is 11.5 Å². The van der Waals surface area contributed by atoms with E-state index < -0.39 is 0 Å². The van der Waals surface area contributed by atoms with E-state index >= 15 is 0 Å². The Morgan fingerprint density at radius 2 is 2.15 bits per heavy atom. The van der Waals surface area contributed by atoms with Gasteiger partial charge in [0.15, 0.2) is 0 Å². The Balaban J connectivity index is 1.91. The molecule has 1 aliphatic rings. The van der Waals surface area contributed by atoms with Crippen LogP contribution in [0, 0.1) is 11.3 Å². The Kier molecular flexibility index (Phi) is 4.92. The van der Waals surface area contributed by atoms with Crippen molar-refractivity contribution in [2.75, 3.05) is 13.2 Å². The summed E-state index contributed by atoms with van der Waals surface area (Å²) in [4.78, 5) is 0. The summed E-state index contributed by atoms with van der Waals surface area (Å²) in [6.07, 6.45) is 4.81. The first kappa shape index (κ1) is 15.6.